The molecule has 1 aliphatic heterocycles. The lowest BCUT2D eigenvalue weighted by Crippen LogP contribution is -2.40. The van der Waals surface area contributed by atoms with Gasteiger partial charge in [-0.15, -0.1) is 0 Å². The first-order valence-corrected chi connectivity index (χ1v) is 7.88. The average molecular weight is 406 g/mol. The monoisotopic (exact) mass is 406 g/mol. The summed E-state index contributed by atoms with van der Waals surface area (Å²) in [6, 6.07) is 1.45. The van der Waals surface area contributed by atoms with Crippen molar-refractivity contribution >= 4 is 22.2 Å². The molecule has 1 atom stereocenters. The fourth-order valence-corrected chi connectivity index (χ4v) is 2.52. The number of alkyl halides is 6. The SMILES string of the molecule is Cc1cc2c(cc1OS(=O)(=O)C(F)(F)F)OC(C(F)(F)F)C(C(=O)O)=C2. The van der Waals surface area contributed by atoms with E-state index in [0.29, 0.717) is 12.1 Å². The highest BCUT2D eigenvalue weighted by molar-refractivity contribution is 7.88. The smallest absolute Gasteiger partial charge is 0.478 e. The van der Waals surface area contributed by atoms with Crippen LogP contribution in [-0.4, -0.2) is 37.3 Å². The van der Waals surface area contributed by atoms with E-state index < -0.39 is 50.9 Å². The Bertz CT molecular complexity index is 884. The van der Waals surface area contributed by atoms with Crippen LogP contribution in [0.5, 0.6) is 11.5 Å². The zero-order chi connectivity index (χ0) is 20.1. The van der Waals surface area contributed by atoms with E-state index in [1.54, 1.807) is 0 Å². The molecule has 0 amide bonds. The number of fused-ring (bicyclic) bond motifs is 1. The number of hydrogen-bond donors (Lipinski definition) is 1. The van der Waals surface area contributed by atoms with E-state index in [4.69, 9.17) is 5.11 Å². The number of rotatable bonds is 3. The molecular formula is C13H8F6O6S. The predicted molar refractivity (Wildman–Crippen MR) is 72.9 cm³/mol. The zero-order valence-corrected chi connectivity index (χ0v) is 13.3. The molecule has 0 fully saturated rings. The lowest BCUT2D eigenvalue weighted by atomic mass is 9.99. The lowest BCUT2D eigenvalue weighted by molar-refractivity contribution is -0.187. The number of hydrogen-bond acceptors (Lipinski definition) is 5. The van der Waals surface area contributed by atoms with Gasteiger partial charge in [-0.2, -0.15) is 34.8 Å². The molecule has 1 aromatic carbocycles. The lowest BCUT2D eigenvalue weighted by Gasteiger charge is -2.27. The minimum absolute atomic E-state index is 0.197. The number of aliphatic carboxylic acids is 1. The predicted octanol–water partition coefficient (Wildman–Crippen LogP) is 3.01. The topological polar surface area (TPSA) is 89.9 Å². The Balaban J connectivity index is 2.53. The standard InChI is InChI=1S/C13H8F6O6S/c1-5-2-6-3-7(11(20)21)10(12(14,15)16)24-9(6)4-8(5)25-26(22,23)13(17,18)19/h2-4,10H,1H3,(H,20,21). The summed E-state index contributed by atoms with van der Waals surface area (Å²) in [6.07, 6.45) is -7.39. The number of ether oxygens (including phenoxy) is 1. The molecule has 0 aliphatic carbocycles. The van der Waals surface area contributed by atoms with Crippen LogP contribution in [0.2, 0.25) is 0 Å². The molecule has 0 spiro atoms. The Morgan fingerprint density at radius 3 is 2.23 bits per heavy atom. The van der Waals surface area contributed by atoms with Crippen molar-refractivity contribution in [3.63, 3.8) is 0 Å². The first-order valence-electron chi connectivity index (χ1n) is 6.47. The van der Waals surface area contributed by atoms with Crippen molar-refractivity contribution in [1.29, 1.82) is 0 Å². The van der Waals surface area contributed by atoms with Gasteiger partial charge in [0.1, 0.15) is 11.5 Å². The van der Waals surface area contributed by atoms with E-state index in [9.17, 15) is 39.6 Å². The van der Waals surface area contributed by atoms with Gasteiger partial charge in [-0.05, 0) is 24.6 Å². The van der Waals surface area contributed by atoms with E-state index in [1.807, 2.05) is 0 Å². The number of carboxylic acids is 1. The van der Waals surface area contributed by atoms with Crippen LogP contribution in [0.3, 0.4) is 0 Å². The van der Waals surface area contributed by atoms with Gasteiger partial charge in [0.25, 0.3) is 0 Å². The van der Waals surface area contributed by atoms with Crippen LogP contribution >= 0.6 is 0 Å². The van der Waals surface area contributed by atoms with Crippen LogP contribution in [-0.2, 0) is 14.9 Å². The van der Waals surface area contributed by atoms with Crippen LogP contribution in [0.4, 0.5) is 26.3 Å². The van der Waals surface area contributed by atoms with Gasteiger partial charge in [-0.3, -0.25) is 0 Å². The minimum atomic E-state index is -6.05. The number of halogens is 6. The Kier molecular flexibility index (Phi) is 4.64. The van der Waals surface area contributed by atoms with Crippen molar-refractivity contribution in [2.75, 3.05) is 0 Å². The van der Waals surface area contributed by atoms with E-state index in [0.717, 1.165) is 13.0 Å². The second kappa shape index (κ2) is 6.07. The molecule has 1 N–H and O–H groups in total. The quantitative estimate of drug-likeness (QED) is 0.472. The first-order chi connectivity index (χ1) is 11.6. The van der Waals surface area contributed by atoms with Crippen molar-refractivity contribution in [1.82, 2.24) is 0 Å². The summed E-state index contributed by atoms with van der Waals surface area (Å²) >= 11 is 0. The van der Waals surface area contributed by atoms with E-state index in [2.05, 4.69) is 8.92 Å². The highest BCUT2D eigenvalue weighted by atomic mass is 32.2. The summed E-state index contributed by atoms with van der Waals surface area (Å²) in [5.41, 5.74) is -7.29. The molecule has 1 aromatic rings. The molecule has 1 unspecified atom stereocenters. The fourth-order valence-electron chi connectivity index (χ4n) is 2.01. The molecule has 2 rings (SSSR count). The van der Waals surface area contributed by atoms with Crippen molar-refractivity contribution in [3.05, 3.63) is 28.8 Å². The van der Waals surface area contributed by atoms with Gasteiger partial charge in [0, 0.05) is 11.6 Å². The molecule has 0 saturated heterocycles. The average Bonchev–Trinajstić information content (AvgIpc) is 2.44. The molecule has 0 radical (unpaired) electrons. The second-order valence-electron chi connectivity index (χ2n) is 5.08. The van der Waals surface area contributed by atoms with Crippen LogP contribution in [0.1, 0.15) is 11.1 Å². The van der Waals surface area contributed by atoms with E-state index >= 15 is 0 Å². The third kappa shape index (κ3) is 3.71. The molecule has 1 heterocycles. The molecule has 1 aliphatic rings. The molecule has 0 aromatic heterocycles. The Morgan fingerprint density at radius 2 is 1.77 bits per heavy atom. The normalized spacial score (nSPS) is 17.8. The minimum Gasteiger partial charge on any atom is -0.478 e. The maximum absolute atomic E-state index is 12.9. The summed E-state index contributed by atoms with van der Waals surface area (Å²) in [5.74, 6) is -3.50. The van der Waals surface area contributed by atoms with Gasteiger partial charge in [0.15, 0.2) is 0 Å². The van der Waals surface area contributed by atoms with Gasteiger partial charge < -0.3 is 14.0 Å². The summed E-state index contributed by atoms with van der Waals surface area (Å²) in [7, 11) is -6.05. The highest BCUT2D eigenvalue weighted by Crippen LogP contribution is 2.41. The summed E-state index contributed by atoms with van der Waals surface area (Å²) in [4.78, 5) is 11.0. The Labute approximate surface area is 141 Å². The Hall–Kier alpha value is -2.44. The maximum Gasteiger partial charge on any atom is 0.534 e. The molecule has 26 heavy (non-hydrogen) atoms. The third-order valence-electron chi connectivity index (χ3n) is 3.17. The van der Waals surface area contributed by atoms with Crippen LogP contribution < -0.4 is 8.92 Å². The van der Waals surface area contributed by atoms with Crippen LogP contribution in [0, 0.1) is 6.92 Å². The largest absolute Gasteiger partial charge is 0.534 e. The summed E-state index contributed by atoms with van der Waals surface area (Å²) in [5, 5.41) is 8.89. The molecule has 6 nitrogen and oxygen atoms in total. The van der Waals surface area contributed by atoms with Gasteiger partial charge in [0.2, 0.25) is 6.10 Å². The highest BCUT2D eigenvalue weighted by Gasteiger charge is 2.50. The number of carbonyl (C=O) groups is 1. The van der Waals surface area contributed by atoms with E-state index in [1.165, 1.54) is 0 Å². The molecule has 144 valence electrons. The van der Waals surface area contributed by atoms with Crippen molar-refractivity contribution in [3.8, 4) is 11.5 Å². The number of carboxylic acid groups (broad SMARTS) is 1. The molecule has 0 saturated carbocycles. The van der Waals surface area contributed by atoms with Crippen molar-refractivity contribution < 1.29 is 53.6 Å². The van der Waals surface area contributed by atoms with Crippen LogP contribution in [0.15, 0.2) is 17.7 Å². The van der Waals surface area contributed by atoms with E-state index in [-0.39, 0.29) is 11.1 Å². The van der Waals surface area contributed by atoms with Gasteiger partial charge in [-0.25, -0.2) is 4.79 Å². The van der Waals surface area contributed by atoms with Crippen molar-refractivity contribution in [2.24, 2.45) is 0 Å². The number of aryl methyl sites for hydroxylation is 1. The fraction of sp³-hybridized carbons (Fsp3) is 0.308. The first kappa shape index (κ1) is 19.9. The molecular weight excluding hydrogens is 398 g/mol. The second-order valence-corrected chi connectivity index (χ2v) is 6.62. The third-order valence-corrected chi connectivity index (χ3v) is 4.14. The van der Waals surface area contributed by atoms with Gasteiger partial charge >= 0.3 is 27.8 Å². The summed E-state index contributed by atoms with van der Waals surface area (Å²) < 4.78 is 107. The summed E-state index contributed by atoms with van der Waals surface area (Å²) in [6.45, 7) is 1.12. The Morgan fingerprint density at radius 1 is 1.19 bits per heavy atom. The maximum atomic E-state index is 12.9. The van der Waals surface area contributed by atoms with Crippen molar-refractivity contribution in [2.45, 2.75) is 24.7 Å². The van der Waals surface area contributed by atoms with Gasteiger partial charge in [-0.1, -0.05) is 0 Å². The molecule has 0 bridgehead atoms. The van der Waals surface area contributed by atoms with Crippen LogP contribution in [0.25, 0.3) is 6.08 Å². The zero-order valence-electron chi connectivity index (χ0n) is 12.5. The number of benzene rings is 1. The molecule has 13 heteroatoms. The van der Waals surface area contributed by atoms with Gasteiger partial charge in [0.05, 0.1) is 5.57 Å².